The fraction of sp³-hybridized carbons (Fsp3) is 0. The molecule has 0 fully saturated rings. The van der Waals surface area contributed by atoms with Crippen molar-refractivity contribution in [3.63, 3.8) is 0 Å². The maximum absolute atomic E-state index is 0. The van der Waals surface area contributed by atoms with Gasteiger partial charge in [-0.05, 0) is 0 Å². The van der Waals surface area contributed by atoms with Crippen molar-refractivity contribution in [2.45, 2.75) is 0 Å². The van der Waals surface area contributed by atoms with E-state index in [1.54, 1.807) is 0 Å². The summed E-state index contributed by atoms with van der Waals surface area (Å²) in [5.74, 6) is 0. The quantitative estimate of drug-likeness (QED) is 0.400. The van der Waals surface area contributed by atoms with Crippen LogP contribution in [0.15, 0.2) is 0 Å². The Bertz CT molecular complexity index is 11.6. The number of hydrogen-bond donors (Lipinski definition) is 0. The Hall–Kier alpha value is 2.76. The molecule has 1 unspecified atom stereocenters. The first kappa shape index (κ1) is 46.5. The van der Waals surface area contributed by atoms with Crippen LogP contribution in [0, 0.1) is 0 Å². The molecule has 0 heterocycles. The van der Waals surface area contributed by atoms with Gasteiger partial charge >= 0.3 is 23.9 Å². The van der Waals surface area contributed by atoms with Crippen molar-refractivity contribution < 1.29 is 50.6 Å². The first-order valence-corrected chi connectivity index (χ1v) is 0. The molecule has 0 N–H and O–H groups in total. The third-order valence-electron chi connectivity index (χ3n) is 0. The molecule has 0 aromatic rings. The van der Waals surface area contributed by atoms with Crippen LogP contribution in [-0.4, -0.2) is 23.9 Å². The van der Waals surface area contributed by atoms with Crippen LogP contribution in [0.25, 0.3) is 0 Å². The second kappa shape index (κ2) is 29.4. The third-order valence-corrected chi connectivity index (χ3v) is 0. The molecule has 1 atom stereocenters. The molecule has 0 aliphatic heterocycles. The second-order valence-electron chi connectivity index (χ2n) is 0. The van der Waals surface area contributed by atoms with E-state index in [2.05, 4.69) is 0 Å². The Morgan fingerprint density at radius 1 is 1.00 bits per heavy atom. The van der Waals surface area contributed by atoms with Gasteiger partial charge in [-0.3, -0.25) is 0 Å². The first-order chi connectivity index (χ1) is 0. The Kier molecular flexibility index (Phi) is 274. The van der Waals surface area contributed by atoms with Crippen molar-refractivity contribution >= 4 is 33.8 Å². The predicted octanol–water partition coefficient (Wildman–Crippen LogP) is -0.866. The normalized spacial score (nSPS) is 0. The van der Waals surface area contributed by atoms with Gasteiger partial charge in [0, 0.05) is 50.6 Å². The molecule has 0 aliphatic carbocycles. The van der Waals surface area contributed by atoms with Crippen molar-refractivity contribution in [3.8, 4) is 0 Å². The predicted molar refractivity (Wildman–Crippen MR) is 19.6 cm³/mol. The molecule has 5 heavy (non-hydrogen) atoms. The van der Waals surface area contributed by atoms with Gasteiger partial charge in [0.25, 0.3) is 0 Å². The molecular weight excluding hydrogens is 327 g/mol. The molecule has 0 aliphatic rings. The van der Waals surface area contributed by atoms with Crippen LogP contribution >= 0.6 is 9.90 Å². The average Bonchev–Trinajstić information content (AvgIpc) is 0. The topological polar surface area (TPSA) is 0 Å². The molecular formula is H5CuMnNiPSn. The second-order valence-corrected chi connectivity index (χ2v) is 0. The van der Waals surface area contributed by atoms with Gasteiger partial charge in [0.2, 0.25) is 0 Å². The molecule has 0 rings (SSSR count). The van der Waals surface area contributed by atoms with E-state index < -0.39 is 0 Å². The SMILES string of the molecule is P.[Cu].[Mn].[Ni].[SnH2]. The molecule has 0 aromatic heterocycles. The van der Waals surface area contributed by atoms with Gasteiger partial charge in [-0.2, -0.15) is 9.90 Å². The Morgan fingerprint density at radius 3 is 1.00 bits per heavy atom. The summed E-state index contributed by atoms with van der Waals surface area (Å²) < 4.78 is 0. The summed E-state index contributed by atoms with van der Waals surface area (Å²) >= 11 is 0. The van der Waals surface area contributed by atoms with Crippen LogP contribution in [0.4, 0.5) is 0 Å². The number of hydrogen-bond acceptors (Lipinski definition) is 0. The van der Waals surface area contributed by atoms with E-state index in [1.807, 2.05) is 0 Å². The summed E-state index contributed by atoms with van der Waals surface area (Å²) in [6.07, 6.45) is 0. The fourth-order valence-corrected chi connectivity index (χ4v) is 0. The summed E-state index contributed by atoms with van der Waals surface area (Å²) in [4.78, 5) is 0. The van der Waals surface area contributed by atoms with Gasteiger partial charge in [-0.25, -0.2) is 0 Å². The van der Waals surface area contributed by atoms with Crippen LogP contribution in [-0.2, 0) is 50.6 Å². The van der Waals surface area contributed by atoms with E-state index in [0.29, 0.717) is 0 Å². The summed E-state index contributed by atoms with van der Waals surface area (Å²) in [7, 11) is 0. The van der Waals surface area contributed by atoms with Crippen LogP contribution < -0.4 is 0 Å². The third kappa shape index (κ3) is 20.1. The van der Waals surface area contributed by atoms with E-state index in [1.165, 1.54) is 0 Å². The van der Waals surface area contributed by atoms with E-state index in [0.717, 1.165) is 0 Å². The fourth-order valence-electron chi connectivity index (χ4n) is 0. The van der Waals surface area contributed by atoms with Crippen molar-refractivity contribution in [1.29, 1.82) is 0 Å². The van der Waals surface area contributed by atoms with E-state index in [9.17, 15) is 0 Å². The zero-order valence-electron chi connectivity index (χ0n) is 2.41. The van der Waals surface area contributed by atoms with Crippen molar-refractivity contribution in [2.75, 3.05) is 0 Å². The van der Waals surface area contributed by atoms with Crippen LogP contribution in [0.2, 0.25) is 0 Å². The maximum atomic E-state index is 0. The summed E-state index contributed by atoms with van der Waals surface area (Å²) in [5, 5.41) is 0. The van der Waals surface area contributed by atoms with Gasteiger partial charge in [0.15, 0.2) is 0 Å². The van der Waals surface area contributed by atoms with E-state index in [-0.39, 0.29) is 84.4 Å². The molecule has 4 radical (unpaired) electrons. The minimum absolute atomic E-state index is 0. The molecule has 0 amide bonds. The Morgan fingerprint density at radius 2 is 1.00 bits per heavy atom. The zero-order chi connectivity index (χ0) is 0. The Balaban J connectivity index is 0. The summed E-state index contributed by atoms with van der Waals surface area (Å²) in [5.41, 5.74) is 0. The molecule has 0 spiro atoms. The molecule has 0 bridgehead atoms. The molecule has 0 aromatic carbocycles. The summed E-state index contributed by atoms with van der Waals surface area (Å²) in [6, 6.07) is 0. The van der Waals surface area contributed by atoms with E-state index >= 15 is 0 Å². The van der Waals surface area contributed by atoms with Crippen LogP contribution in [0.1, 0.15) is 0 Å². The van der Waals surface area contributed by atoms with Crippen molar-refractivity contribution in [3.05, 3.63) is 0 Å². The molecule has 0 saturated carbocycles. The first-order valence-electron chi connectivity index (χ1n) is 0. The Labute approximate surface area is 83.4 Å². The van der Waals surface area contributed by atoms with Gasteiger partial charge in [0.05, 0.1) is 0 Å². The molecule has 42 valence electrons. The van der Waals surface area contributed by atoms with Gasteiger partial charge in [0.1, 0.15) is 0 Å². The average molecular weight is 332 g/mol. The summed E-state index contributed by atoms with van der Waals surface area (Å²) in [6.45, 7) is 0. The molecule has 0 nitrogen and oxygen atoms in total. The van der Waals surface area contributed by atoms with Gasteiger partial charge < -0.3 is 0 Å². The molecule has 5 heteroatoms. The van der Waals surface area contributed by atoms with Crippen LogP contribution in [0.3, 0.4) is 0 Å². The molecule has 0 saturated heterocycles. The van der Waals surface area contributed by atoms with Crippen molar-refractivity contribution in [2.24, 2.45) is 0 Å². The minimum atomic E-state index is 0. The van der Waals surface area contributed by atoms with Gasteiger partial charge in [-0.15, -0.1) is 0 Å². The van der Waals surface area contributed by atoms with Gasteiger partial charge in [-0.1, -0.05) is 0 Å². The van der Waals surface area contributed by atoms with Crippen LogP contribution in [0.5, 0.6) is 0 Å². The zero-order valence-corrected chi connectivity index (χ0v) is 11.0. The monoisotopic (exact) mass is 332 g/mol. The van der Waals surface area contributed by atoms with Crippen molar-refractivity contribution in [1.82, 2.24) is 0 Å². The number of rotatable bonds is 0. The standard InChI is InChI=1S/Cu.Mn.Ni.H3P.Sn.2H/h;;;1H3;;;. The van der Waals surface area contributed by atoms with E-state index in [4.69, 9.17) is 0 Å².